The summed E-state index contributed by atoms with van der Waals surface area (Å²) >= 11 is 0. The zero-order valence-corrected chi connectivity index (χ0v) is 9.94. The highest BCUT2D eigenvalue weighted by molar-refractivity contribution is 5.79. The lowest BCUT2D eigenvalue weighted by atomic mass is 10.1. The summed E-state index contributed by atoms with van der Waals surface area (Å²) in [5.74, 6) is 0. The van der Waals surface area contributed by atoms with Gasteiger partial charge in [0.2, 0.25) is 0 Å². The van der Waals surface area contributed by atoms with Crippen molar-refractivity contribution in [2.24, 2.45) is 0 Å². The molecule has 2 heterocycles. The van der Waals surface area contributed by atoms with Crippen LogP contribution in [0.25, 0.3) is 11.0 Å². The van der Waals surface area contributed by atoms with Gasteiger partial charge in [-0.3, -0.25) is 0 Å². The molecule has 0 aliphatic rings. The summed E-state index contributed by atoms with van der Waals surface area (Å²) in [7, 11) is 0. The van der Waals surface area contributed by atoms with Crippen LogP contribution in [0.4, 0.5) is 0 Å². The van der Waals surface area contributed by atoms with E-state index in [0.717, 1.165) is 16.7 Å². The highest BCUT2D eigenvalue weighted by atomic mass is 15.3. The van der Waals surface area contributed by atoms with Crippen LogP contribution in [-0.2, 0) is 5.54 Å². The molecule has 0 saturated carbocycles. The van der Waals surface area contributed by atoms with Crippen LogP contribution in [0.15, 0.2) is 12.3 Å². The number of pyridine rings is 1. The zero-order valence-electron chi connectivity index (χ0n) is 9.94. The first-order chi connectivity index (χ1) is 7.43. The van der Waals surface area contributed by atoms with Gasteiger partial charge in [-0.05, 0) is 33.8 Å². The van der Waals surface area contributed by atoms with Crippen molar-refractivity contribution >= 4 is 11.0 Å². The summed E-state index contributed by atoms with van der Waals surface area (Å²) in [6, 6.07) is 3.93. The first-order valence-electron chi connectivity index (χ1n) is 5.19. The van der Waals surface area contributed by atoms with Crippen molar-refractivity contribution < 1.29 is 0 Å². The predicted octanol–water partition coefficient (Wildman–Crippen LogP) is 2.37. The third kappa shape index (κ3) is 1.54. The van der Waals surface area contributed by atoms with Crippen molar-refractivity contribution in [1.82, 2.24) is 14.8 Å². The fourth-order valence-corrected chi connectivity index (χ4v) is 1.67. The molecule has 0 aliphatic heterocycles. The number of nitriles is 1. The van der Waals surface area contributed by atoms with Gasteiger partial charge in [-0.2, -0.15) is 10.4 Å². The maximum atomic E-state index is 8.84. The van der Waals surface area contributed by atoms with Gasteiger partial charge in [-0.1, -0.05) is 0 Å². The van der Waals surface area contributed by atoms with Crippen molar-refractivity contribution in [3.8, 4) is 6.07 Å². The molecule has 2 aromatic rings. The molecule has 2 rings (SSSR count). The number of hydrogen-bond donors (Lipinski definition) is 0. The highest BCUT2D eigenvalue weighted by Gasteiger charge is 2.19. The maximum Gasteiger partial charge on any atom is 0.158 e. The van der Waals surface area contributed by atoms with Gasteiger partial charge in [-0.25, -0.2) is 9.67 Å². The third-order valence-corrected chi connectivity index (χ3v) is 2.47. The van der Waals surface area contributed by atoms with Gasteiger partial charge in [-0.15, -0.1) is 0 Å². The van der Waals surface area contributed by atoms with Crippen LogP contribution in [0.2, 0.25) is 0 Å². The maximum absolute atomic E-state index is 8.84. The second-order valence-corrected chi connectivity index (χ2v) is 4.87. The molecule has 82 valence electrons. The van der Waals surface area contributed by atoms with Crippen LogP contribution in [0, 0.1) is 18.3 Å². The Hall–Kier alpha value is -1.89. The Morgan fingerprint density at radius 1 is 1.38 bits per heavy atom. The van der Waals surface area contributed by atoms with Crippen LogP contribution < -0.4 is 0 Å². The van der Waals surface area contributed by atoms with Gasteiger partial charge < -0.3 is 0 Å². The molecule has 0 spiro atoms. The van der Waals surface area contributed by atoms with Gasteiger partial charge in [0.05, 0.1) is 16.8 Å². The van der Waals surface area contributed by atoms with E-state index in [4.69, 9.17) is 5.26 Å². The molecular formula is C12H14N4. The van der Waals surface area contributed by atoms with Crippen LogP contribution in [0.5, 0.6) is 0 Å². The monoisotopic (exact) mass is 214 g/mol. The molecule has 0 radical (unpaired) electrons. The first kappa shape index (κ1) is 10.6. The Labute approximate surface area is 94.5 Å². The molecule has 0 atom stereocenters. The van der Waals surface area contributed by atoms with Crippen LogP contribution >= 0.6 is 0 Å². The summed E-state index contributed by atoms with van der Waals surface area (Å²) in [4.78, 5) is 4.32. The molecule has 0 aromatic carbocycles. The number of fused-ring (bicyclic) bond motifs is 1. The van der Waals surface area contributed by atoms with E-state index >= 15 is 0 Å². The standard InChI is InChI=1S/C12H14N4/c1-8-10-5-9(6-13)7-14-11(10)16(15-8)12(2,3)4/h5,7H,1-4H3. The first-order valence-corrected chi connectivity index (χ1v) is 5.19. The summed E-state index contributed by atoms with van der Waals surface area (Å²) in [5, 5.41) is 14.3. The topological polar surface area (TPSA) is 54.5 Å². The molecule has 0 N–H and O–H groups in total. The van der Waals surface area contributed by atoms with Gasteiger partial charge in [0, 0.05) is 11.6 Å². The van der Waals surface area contributed by atoms with E-state index in [1.165, 1.54) is 0 Å². The second-order valence-electron chi connectivity index (χ2n) is 4.87. The molecule has 0 amide bonds. The number of aryl methyl sites for hydroxylation is 1. The minimum Gasteiger partial charge on any atom is -0.242 e. The molecule has 4 heteroatoms. The highest BCUT2D eigenvalue weighted by Crippen LogP contribution is 2.23. The van der Waals surface area contributed by atoms with E-state index < -0.39 is 0 Å². The summed E-state index contributed by atoms with van der Waals surface area (Å²) in [5.41, 5.74) is 2.22. The third-order valence-electron chi connectivity index (χ3n) is 2.47. The normalized spacial score (nSPS) is 11.7. The van der Waals surface area contributed by atoms with Crippen molar-refractivity contribution in [3.63, 3.8) is 0 Å². The lowest BCUT2D eigenvalue weighted by Gasteiger charge is -2.19. The predicted molar refractivity (Wildman–Crippen MR) is 62.0 cm³/mol. The smallest absolute Gasteiger partial charge is 0.158 e. The fraction of sp³-hybridized carbons (Fsp3) is 0.417. The SMILES string of the molecule is Cc1nn(C(C)(C)C)c2ncc(C#N)cc12. The summed E-state index contributed by atoms with van der Waals surface area (Å²) < 4.78 is 1.90. The number of hydrogen-bond acceptors (Lipinski definition) is 3. The quantitative estimate of drug-likeness (QED) is 0.676. The Morgan fingerprint density at radius 3 is 2.62 bits per heavy atom. The number of aromatic nitrogens is 3. The van der Waals surface area contributed by atoms with Crippen LogP contribution in [0.1, 0.15) is 32.0 Å². The lowest BCUT2D eigenvalue weighted by molar-refractivity contribution is 0.364. The number of nitrogens with zero attached hydrogens (tertiary/aromatic N) is 4. The molecule has 4 nitrogen and oxygen atoms in total. The zero-order chi connectivity index (χ0) is 11.9. The Balaban J connectivity index is 2.78. The average molecular weight is 214 g/mol. The van der Waals surface area contributed by atoms with E-state index in [-0.39, 0.29) is 5.54 Å². The van der Waals surface area contributed by atoms with Gasteiger partial charge in [0.25, 0.3) is 0 Å². The van der Waals surface area contributed by atoms with Crippen molar-refractivity contribution in [1.29, 1.82) is 5.26 Å². The van der Waals surface area contributed by atoms with E-state index in [9.17, 15) is 0 Å². The number of rotatable bonds is 0. The molecule has 2 aromatic heterocycles. The fourth-order valence-electron chi connectivity index (χ4n) is 1.67. The molecule has 16 heavy (non-hydrogen) atoms. The largest absolute Gasteiger partial charge is 0.242 e. The molecule has 0 unspecified atom stereocenters. The molecule has 0 fully saturated rings. The Morgan fingerprint density at radius 2 is 2.06 bits per heavy atom. The van der Waals surface area contributed by atoms with Gasteiger partial charge >= 0.3 is 0 Å². The van der Waals surface area contributed by atoms with Gasteiger partial charge in [0.15, 0.2) is 5.65 Å². The van der Waals surface area contributed by atoms with E-state index in [1.807, 2.05) is 17.7 Å². The Bertz CT molecular complexity index is 581. The molecule has 0 bridgehead atoms. The summed E-state index contributed by atoms with van der Waals surface area (Å²) in [6.45, 7) is 8.18. The summed E-state index contributed by atoms with van der Waals surface area (Å²) in [6.07, 6.45) is 1.59. The van der Waals surface area contributed by atoms with E-state index in [0.29, 0.717) is 5.56 Å². The van der Waals surface area contributed by atoms with Crippen molar-refractivity contribution in [2.75, 3.05) is 0 Å². The lowest BCUT2D eigenvalue weighted by Crippen LogP contribution is -2.23. The molecule has 0 aliphatic carbocycles. The van der Waals surface area contributed by atoms with E-state index in [1.54, 1.807) is 6.20 Å². The van der Waals surface area contributed by atoms with Crippen LogP contribution in [0.3, 0.4) is 0 Å². The van der Waals surface area contributed by atoms with Crippen LogP contribution in [-0.4, -0.2) is 14.8 Å². The molecular weight excluding hydrogens is 200 g/mol. The van der Waals surface area contributed by atoms with Gasteiger partial charge in [0.1, 0.15) is 6.07 Å². The van der Waals surface area contributed by atoms with Crippen molar-refractivity contribution in [2.45, 2.75) is 33.2 Å². The molecule has 0 saturated heterocycles. The second kappa shape index (κ2) is 3.31. The van der Waals surface area contributed by atoms with Crippen molar-refractivity contribution in [3.05, 3.63) is 23.5 Å². The minimum atomic E-state index is -0.104. The van der Waals surface area contributed by atoms with E-state index in [2.05, 4.69) is 36.9 Å². The Kier molecular flexibility index (Phi) is 2.20. The average Bonchev–Trinajstić information content (AvgIpc) is 2.55. The minimum absolute atomic E-state index is 0.104.